The van der Waals surface area contributed by atoms with Crippen molar-refractivity contribution in [1.82, 2.24) is 9.97 Å². The summed E-state index contributed by atoms with van der Waals surface area (Å²) in [5.74, 6) is -2.45. The zero-order valence-electron chi connectivity index (χ0n) is 21.0. The van der Waals surface area contributed by atoms with Gasteiger partial charge in [0.1, 0.15) is 0 Å². The molecule has 0 bridgehead atoms. The number of hydrogen-bond acceptors (Lipinski definition) is 8. The molecule has 10 nitrogen and oxygen atoms in total. The Morgan fingerprint density at radius 2 is 1.08 bits per heavy atom. The topological polar surface area (TPSA) is 153 Å². The van der Waals surface area contributed by atoms with Gasteiger partial charge in [-0.05, 0) is 37.1 Å². The van der Waals surface area contributed by atoms with E-state index in [1.807, 2.05) is 13.8 Å². The van der Waals surface area contributed by atoms with Gasteiger partial charge >= 0.3 is 47.3 Å². The summed E-state index contributed by atoms with van der Waals surface area (Å²) < 4.78 is 10.4. The van der Waals surface area contributed by atoms with Gasteiger partial charge in [-0.1, -0.05) is 26.7 Å². The molecular formula is C24H32Cl2N2O8Pt. The average Bonchev–Trinajstić information content (AvgIpc) is 2.84. The SMILES string of the molecule is CC(=O)O.CC(=O)O.CCCCOC(=O)c1ccnc(-c2cc(C(=O)OCCCC)ccn2)c1.[Cl][Pt][Cl]. The Morgan fingerprint density at radius 1 is 0.784 bits per heavy atom. The third kappa shape index (κ3) is 21.3. The quantitative estimate of drug-likeness (QED) is 0.245. The van der Waals surface area contributed by atoms with Gasteiger partial charge in [0, 0.05) is 26.2 Å². The van der Waals surface area contributed by atoms with Crippen LogP contribution < -0.4 is 0 Å². The van der Waals surface area contributed by atoms with Crippen molar-refractivity contribution in [2.45, 2.75) is 53.4 Å². The first-order chi connectivity index (χ1) is 17.5. The summed E-state index contributed by atoms with van der Waals surface area (Å²) in [4.78, 5) is 50.6. The molecule has 0 aliphatic carbocycles. The molecule has 210 valence electrons. The summed E-state index contributed by atoms with van der Waals surface area (Å²) >= 11 is -0.472. The van der Waals surface area contributed by atoms with Gasteiger partial charge in [-0.15, -0.1) is 0 Å². The number of carboxylic acid groups (broad SMARTS) is 2. The zero-order valence-corrected chi connectivity index (χ0v) is 24.8. The molecule has 2 aromatic heterocycles. The van der Waals surface area contributed by atoms with Gasteiger partial charge in [0.05, 0.1) is 35.7 Å². The molecule has 0 unspecified atom stereocenters. The van der Waals surface area contributed by atoms with Crippen LogP contribution in [0.1, 0.15) is 74.1 Å². The van der Waals surface area contributed by atoms with E-state index in [9.17, 15) is 9.59 Å². The van der Waals surface area contributed by atoms with Crippen molar-refractivity contribution in [3.8, 4) is 11.4 Å². The number of aromatic nitrogens is 2. The standard InChI is InChI=1S/C20H24N2O4.2C2H4O2.2ClH.Pt/c1-3-5-11-25-19(23)15-7-9-21-17(13-15)18-14-16(8-10-22-18)20(24)26-12-6-4-2;2*1-2(3)4;;;/h7-10,13-14H,3-6,11-12H2,1-2H3;2*1H3,(H,3,4);2*1H;/q;;;;;+2/p-2. The fourth-order valence-corrected chi connectivity index (χ4v) is 2.18. The van der Waals surface area contributed by atoms with Crippen LogP contribution in [0, 0.1) is 0 Å². The van der Waals surface area contributed by atoms with E-state index in [0.717, 1.165) is 39.5 Å². The van der Waals surface area contributed by atoms with E-state index in [1.165, 1.54) is 12.4 Å². The number of carboxylic acids is 2. The van der Waals surface area contributed by atoms with Crippen LogP contribution in [0.5, 0.6) is 0 Å². The van der Waals surface area contributed by atoms with Crippen molar-refractivity contribution in [3.05, 3.63) is 47.8 Å². The molecule has 13 heteroatoms. The van der Waals surface area contributed by atoms with Gasteiger partial charge in [0.25, 0.3) is 11.9 Å². The van der Waals surface area contributed by atoms with E-state index in [0.29, 0.717) is 35.7 Å². The van der Waals surface area contributed by atoms with Gasteiger partial charge < -0.3 is 19.7 Å². The molecule has 0 aliphatic rings. The predicted octanol–water partition coefficient (Wildman–Crippen LogP) is 5.62. The number of ether oxygens (including phenoxy) is 2. The van der Waals surface area contributed by atoms with Gasteiger partial charge in [-0.25, -0.2) is 9.59 Å². The molecule has 0 amide bonds. The Balaban J connectivity index is 0. The normalized spacial score (nSPS) is 9.24. The third-order valence-electron chi connectivity index (χ3n) is 3.72. The Hall–Kier alpha value is -2.55. The maximum atomic E-state index is 12.1. The van der Waals surface area contributed by atoms with E-state index >= 15 is 0 Å². The van der Waals surface area contributed by atoms with Gasteiger partial charge in [0.2, 0.25) is 0 Å². The minimum absolute atomic E-state index is 0.391. The Morgan fingerprint density at radius 3 is 1.35 bits per heavy atom. The number of carbonyl (C=O) groups is 4. The molecule has 0 aliphatic heterocycles. The fraction of sp³-hybridized carbons (Fsp3) is 0.417. The molecule has 0 spiro atoms. The van der Waals surface area contributed by atoms with Gasteiger partial charge in [-0.2, -0.15) is 0 Å². The molecule has 0 saturated carbocycles. The van der Waals surface area contributed by atoms with Crippen LogP contribution in [0.4, 0.5) is 0 Å². The summed E-state index contributed by atoms with van der Waals surface area (Å²) in [5.41, 5.74) is 1.81. The van der Waals surface area contributed by atoms with Crippen LogP contribution in [-0.4, -0.2) is 57.3 Å². The van der Waals surface area contributed by atoms with Crippen LogP contribution in [0.3, 0.4) is 0 Å². The molecule has 2 rings (SSSR count). The second-order valence-corrected chi connectivity index (χ2v) is 10.2. The zero-order chi connectivity index (χ0) is 28.6. The van der Waals surface area contributed by atoms with Crippen LogP contribution in [-0.2, 0) is 35.5 Å². The second-order valence-electron chi connectivity index (χ2n) is 6.92. The first kappa shape index (κ1) is 36.6. The first-order valence-corrected chi connectivity index (χ1v) is 16.6. The monoisotopic (exact) mass is 741 g/mol. The van der Waals surface area contributed by atoms with Gasteiger partial charge in [-0.3, -0.25) is 19.6 Å². The number of esters is 2. The predicted molar refractivity (Wildman–Crippen MR) is 136 cm³/mol. The number of pyridine rings is 2. The molecule has 0 aromatic carbocycles. The average molecular weight is 743 g/mol. The molecule has 2 aromatic rings. The number of halogens is 2. The fourth-order valence-electron chi connectivity index (χ4n) is 2.18. The first-order valence-electron chi connectivity index (χ1n) is 11.0. The molecule has 2 heterocycles. The molecular weight excluding hydrogens is 710 g/mol. The van der Waals surface area contributed by atoms with E-state index in [-0.39, 0.29) is 0 Å². The molecule has 0 saturated heterocycles. The minimum atomic E-state index is -0.833. The number of aliphatic carboxylic acids is 2. The number of hydrogen-bond donors (Lipinski definition) is 2. The Bertz CT molecular complexity index is 880. The number of rotatable bonds is 9. The summed E-state index contributed by atoms with van der Waals surface area (Å²) in [6.07, 6.45) is 6.63. The van der Waals surface area contributed by atoms with Crippen molar-refractivity contribution in [1.29, 1.82) is 0 Å². The summed E-state index contributed by atoms with van der Waals surface area (Å²) in [6.45, 7) is 7.02. The van der Waals surface area contributed by atoms with Crippen LogP contribution >= 0.6 is 18.8 Å². The molecule has 0 radical (unpaired) electrons. The van der Waals surface area contributed by atoms with Crippen molar-refractivity contribution in [3.63, 3.8) is 0 Å². The van der Waals surface area contributed by atoms with Crippen molar-refractivity contribution < 1.29 is 55.3 Å². The van der Waals surface area contributed by atoms with Crippen LogP contribution in [0.2, 0.25) is 0 Å². The van der Waals surface area contributed by atoms with Crippen LogP contribution in [0.15, 0.2) is 36.7 Å². The van der Waals surface area contributed by atoms with E-state index in [1.54, 1.807) is 24.3 Å². The molecule has 0 atom stereocenters. The van der Waals surface area contributed by atoms with Crippen molar-refractivity contribution in [2.24, 2.45) is 0 Å². The molecule has 2 N–H and O–H groups in total. The second kappa shape index (κ2) is 23.8. The summed E-state index contributed by atoms with van der Waals surface area (Å²) in [5, 5.41) is 14.8. The van der Waals surface area contributed by atoms with Crippen molar-refractivity contribution in [2.75, 3.05) is 13.2 Å². The summed E-state index contributed by atoms with van der Waals surface area (Å²) in [6, 6.07) is 6.42. The maximum absolute atomic E-state index is 12.1. The number of unbranched alkanes of at least 4 members (excludes halogenated alkanes) is 2. The van der Waals surface area contributed by atoms with E-state index in [4.69, 9.17) is 48.1 Å². The molecule has 0 fully saturated rings. The Labute approximate surface area is 233 Å². The van der Waals surface area contributed by atoms with E-state index < -0.39 is 40.4 Å². The Kier molecular flexibility index (Phi) is 23.6. The third-order valence-corrected chi connectivity index (χ3v) is 3.72. The van der Waals surface area contributed by atoms with E-state index in [2.05, 4.69) is 9.97 Å². The molecule has 37 heavy (non-hydrogen) atoms. The number of carbonyl (C=O) groups excluding carboxylic acids is 2. The summed E-state index contributed by atoms with van der Waals surface area (Å²) in [7, 11) is 9.75. The van der Waals surface area contributed by atoms with Gasteiger partial charge in [0.15, 0.2) is 0 Å². The number of nitrogens with zero attached hydrogens (tertiary/aromatic N) is 2. The van der Waals surface area contributed by atoms with Crippen molar-refractivity contribution >= 4 is 42.7 Å². The van der Waals surface area contributed by atoms with Crippen LogP contribution in [0.25, 0.3) is 11.4 Å².